The molecule has 2 amide bonds. The van der Waals surface area contributed by atoms with Gasteiger partial charge in [-0.05, 0) is 68.9 Å². The number of carbonyl (C=O) groups excluding carboxylic acids is 2. The molecule has 3 rings (SSSR count). The molecule has 0 aliphatic heterocycles. The standard InChI is InChI=1S/C28H37N7O3S/c1-18(2)14-25(36)30-24-13-12-22(32-33-24)8-6-7-9-27-34-35-28(39-27)31-26(37)16-21-11-10-19(3)23(15-21)20(4)29-17-38-5/h10-13,15,20,29H,1,6-9,14,16-17H2,2-5H3,(H,30,33,36)(H,31,35,37). The van der Waals surface area contributed by atoms with Gasteiger partial charge in [-0.1, -0.05) is 41.7 Å². The number of amides is 2. The summed E-state index contributed by atoms with van der Waals surface area (Å²) in [4.78, 5) is 24.4. The zero-order valence-electron chi connectivity index (χ0n) is 23.0. The van der Waals surface area contributed by atoms with Gasteiger partial charge in [0.2, 0.25) is 16.9 Å². The van der Waals surface area contributed by atoms with E-state index in [9.17, 15) is 9.59 Å². The lowest BCUT2D eigenvalue weighted by atomic mass is 9.98. The molecule has 0 spiro atoms. The number of rotatable bonds is 15. The maximum Gasteiger partial charge on any atom is 0.230 e. The predicted octanol–water partition coefficient (Wildman–Crippen LogP) is 4.54. The molecule has 1 aromatic carbocycles. The summed E-state index contributed by atoms with van der Waals surface area (Å²) in [7, 11) is 1.65. The summed E-state index contributed by atoms with van der Waals surface area (Å²) < 4.78 is 5.11. The molecular weight excluding hydrogens is 514 g/mol. The van der Waals surface area contributed by atoms with E-state index in [1.54, 1.807) is 20.1 Å². The minimum Gasteiger partial charge on any atom is -0.370 e. The molecule has 0 saturated heterocycles. The number of anilines is 2. The number of ether oxygens (including phenoxy) is 1. The molecule has 1 atom stereocenters. The van der Waals surface area contributed by atoms with Crippen LogP contribution in [0.5, 0.6) is 0 Å². The summed E-state index contributed by atoms with van der Waals surface area (Å²) in [5.41, 5.74) is 4.90. The summed E-state index contributed by atoms with van der Waals surface area (Å²) in [6.45, 7) is 10.1. The molecule has 0 saturated carbocycles. The molecule has 3 aromatic rings. The van der Waals surface area contributed by atoms with Crippen LogP contribution in [-0.4, -0.2) is 46.0 Å². The Labute approximate surface area is 233 Å². The van der Waals surface area contributed by atoms with Gasteiger partial charge in [-0.15, -0.1) is 15.3 Å². The zero-order chi connectivity index (χ0) is 28.2. The van der Waals surface area contributed by atoms with E-state index >= 15 is 0 Å². The van der Waals surface area contributed by atoms with Gasteiger partial charge in [-0.2, -0.15) is 5.10 Å². The first-order valence-electron chi connectivity index (χ1n) is 12.9. The van der Waals surface area contributed by atoms with Crippen molar-refractivity contribution in [2.75, 3.05) is 24.5 Å². The molecule has 0 bridgehead atoms. The fourth-order valence-electron chi connectivity index (χ4n) is 3.94. The van der Waals surface area contributed by atoms with Crippen LogP contribution in [-0.2, 0) is 33.6 Å². The normalized spacial score (nSPS) is 11.7. The fourth-order valence-corrected chi connectivity index (χ4v) is 4.74. The summed E-state index contributed by atoms with van der Waals surface area (Å²) in [6.07, 6.45) is 3.88. The van der Waals surface area contributed by atoms with Crippen molar-refractivity contribution in [3.8, 4) is 0 Å². The van der Waals surface area contributed by atoms with Crippen molar-refractivity contribution in [2.45, 2.75) is 65.3 Å². The van der Waals surface area contributed by atoms with Crippen LogP contribution in [0.25, 0.3) is 0 Å². The van der Waals surface area contributed by atoms with Gasteiger partial charge < -0.3 is 15.4 Å². The van der Waals surface area contributed by atoms with Crippen LogP contribution in [0.3, 0.4) is 0 Å². The number of benzene rings is 1. The van der Waals surface area contributed by atoms with E-state index in [2.05, 4.69) is 62.8 Å². The second-order valence-corrected chi connectivity index (χ2v) is 10.6. The van der Waals surface area contributed by atoms with Crippen LogP contribution in [0, 0.1) is 6.92 Å². The molecule has 0 radical (unpaired) electrons. The minimum atomic E-state index is -0.151. The molecule has 10 nitrogen and oxygen atoms in total. The highest BCUT2D eigenvalue weighted by Gasteiger charge is 2.13. The second kappa shape index (κ2) is 15.2. The van der Waals surface area contributed by atoms with Crippen LogP contribution in [0.15, 0.2) is 42.5 Å². The minimum absolute atomic E-state index is 0.115. The lowest BCUT2D eigenvalue weighted by Crippen LogP contribution is -2.22. The van der Waals surface area contributed by atoms with E-state index in [1.807, 2.05) is 18.2 Å². The van der Waals surface area contributed by atoms with Crippen LogP contribution >= 0.6 is 11.3 Å². The number of hydrogen-bond donors (Lipinski definition) is 3. The zero-order valence-corrected chi connectivity index (χ0v) is 23.9. The van der Waals surface area contributed by atoms with Crippen LogP contribution in [0.2, 0.25) is 0 Å². The molecule has 1 unspecified atom stereocenters. The SMILES string of the molecule is C=C(C)CC(=O)Nc1ccc(CCCCc2nnc(NC(=O)Cc3ccc(C)c(C(C)NCOC)c3)s2)nn1. The summed E-state index contributed by atoms with van der Waals surface area (Å²) in [6, 6.07) is 9.82. The topological polar surface area (TPSA) is 131 Å². The number of hydrogen-bond acceptors (Lipinski definition) is 9. The Kier molecular flexibility index (Phi) is 11.7. The quantitative estimate of drug-likeness (QED) is 0.143. The maximum absolute atomic E-state index is 12.6. The molecule has 0 aliphatic rings. The smallest absolute Gasteiger partial charge is 0.230 e. The van der Waals surface area contributed by atoms with Crippen molar-refractivity contribution < 1.29 is 14.3 Å². The van der Waals surface area contributed by atoms with Crippen molar-refractivity contribution in [2.24, 2.45) is 0 Å². The van der Waals surface area contributed by atoms with Crippen LogP contribution in [0.4, 0.5) is 10.9 Å². The summed E-state index contributed by atoms with van der Waals surface area (Å²) >= 11 is 1.40. The van der Waals surface area contributed by atoms with Gasteiger partial charge in [-0.3, -0.25) is 14.9 Å². The van der Waals surface area contributed by atoms with Crippen molar-refractivity contribution in [3.05, 3.63) is 69.9 Å². The Hall–Kier alpha value is -3.54. The highest BCUT2D eigenvalue weighted by molar-refractivity contribution is 7.15. The number of nitrogens with zero attached hydrogens (tertiary/aromatic N) is 4. The van der Waals surface area contributed by atoms with Crippen molar-refractivity contribution in [1.82, 2.24) is 25.7 Å². The van der Waals surface area contributed by atoms with E-state index in [0.29, 0.717) is 17.7 Å². The number of methoxy groups -OCH3 is 1. The predicted molar refractivity (Wildman–Crippen MR) is 154 cm³/mol. The molecule has 3 N–H and O–H groups in total. The highest BCUT2D eigenvalue weighted by atomic mass is 32.1. The van der Waals surface area contributed by atoms with Gasteiger partial charge >= 0.3 is 0 Å². The average molecular weight is 552 g/mol. The number of aryl methyl sites for hydroxylation is 3. The highest BCUT2D eigenvalue weighted by Crippen LogP contribution is 2.21. The maximum atomic E-state index is 12.6. The largest absolute Gasteiger partial charge is 0.370 e. The number of carbonyl (C=O) groups is 2. The lowest BCUT2D eigenvalue weighted by molar-refractivity contribution is -0.116. The third-order valence-corrected chi connectivity index (χ3v) is 6.84. The summed E-state index contributed by atoms with van der Waals surface area (Å²) in [5.74, 6) is 0.162. The van der Waals surface area contributed by atoms with Gasteiger partial charge in [0.05, 0.1) is 18.8 Å². The van der Waals surface area contributed by atoms with Crippen LogP contribution < -0.4 is 16.0 Å². The van der Waals surface area contributed by atoms with E-state index < -0.39 is 0 Å². The monoisotopic (exact) mass is 551 g/mol. The number of nitrogens with one attached hydrogen (secondary N) is 3. The Morgan fingerprint density at radius 1 is 1.03 bits per heavy atom. The van der Waals surface area contributed by atoms with Gasteiger partial charge in [-0.25, -0.2) is 0 Å². The first kappa shape index (κ1) is 30.0. The molecule has 11 heteroatoms. The average Bonchev–Trinajstić information content (AvgIpc) is 3.33. The Morgan fingerprint density at radius 2 is 1.82 bits per heavy atom. The second-order valence-electron chi connectivity index (χ2n) is 9.57. The molecule has 0 fully saturated rings. The number of aromatic nitrogens is 4. The Balaban J connectivity index is 1.41. The fraction of sp³-hybridized carbons (Fsp3) is 0.429. The molecule has 2 aromatic heterocycles. The first-order chi connectivity index (χ1) is 18.7. The molecule has 39 heavy (non-hydrogen) atoms. The van der Waals surface area contributed by atoms with Gasteiger partial charge in [0.15, 0.2) is 5.82 Å². The van der Waals surface area contributed by atoms with Gasteiger partial charge in [0.1, 0.15) is 5.01 Å². The van der Waals surface area contributed by atoms with E-state index in [-0.39, 0.29) is 30.7 Å². The van der Waals surface area contributed by atoms with Gasteiger partial charge in [0.25, 0.3) is 0 Å². The summed E-state index contributed by atoms with van der Waals surface area (Å²) in [5, 5.41) is 26.9. The van der Waals surface area contributed by atoms with E-state index in [1.165, 1.54) is 11.3 Å². The van der Waals surface area contributed by atoms with Crippen LogP contribution in [0.1, 0.15) is 66.5 Å². The first-order valence-corrected chi connectivity index (χ1v) is 13.8. The van der Waals surface area contributed by atoms with Crippen molar-refractivity contribution in [3.63, 3.8) is 0 Å². The van der Waals surface area contributed by atoms with Crippen molar-refractivity contribution >= 4 is 34.1 Å². The number of unbranched alkanes of at least 4 members (excludes halogenated alkanes) is 1. The molecule has 0 aliphatic carbocycles. The molecule has 2 heterocycles. The third-order valence-electron chi connectivity index (χ3n) is 5.95. The van der Waals surface area contributed by atoms with Gasteiger partial charge in [0, 0.05) is 26.0 Å². The van der Waals surface area contributed by atoms with Crippen molar-refractivity contribution in [1.29, 1.82) is 0 Å². The molecule has 208 valence electrons. The van der Waals surface area contributed by atoms with E-state index in [0.717, 1.165) is 58.6 Å². The Morgan fingerprint density at radius 3 is 2.54 bits per heavy atom. The van der Waals surface area contributed by atoms with E-state index in [4.69, 9.17) is 4.74 Å². The Bertz CT molecular complexity index is 1260. The lowest BCUT2D eigenvalue weighted by Gasteiger charge is -2.17. The molecular formula is C28H37N7O3S. The third kappa shape index (κ3) is 10.3.